The van der Waals surface area contributed by atoms with Crippen molar-refractivity contribution in [2.45, 2.75) is 42.0 Å². The van der Waals surface area contributed by atoms with Gasteiger partial charge in [0.1, 0.15) is 0 Å². The smallest absolute Gasteiger partial charge is 0.416 e. The second-order valence-corrected chi connectivity index (χ2v) is 8.75. The van der Waals surface area contributed by atoms with Crippen molar-refractivity contribution in [2.24, 2.45) is 0 Å². The van der Waals surface area contributed by atoms with Gasteiger partial charge in [0.25, 0.3) is 11.6 Å². The summed E-state index contributed by atoms with van der Waals surface area (Å²) in [4.78, 5) is 37.3. The molecule has 0 aliphatic carbocycles. The maximum absolute atomic E-state index is 13.0. The highest BCUT2D eigenvalue weighted by Gasteiger charge is 2.33. The maximum Gasteiger partial charge on any atom is 0.416 e. The molecule has 12 heteroatoms. The number of hydrogen-bond donors (Lipinski definition) is 0. The molecule has 3 rings (SSSR count). The fourth-order valence-electron chi connectivity index (χ4n) is 3.44. The number of carbonyl (C=O) groups is 2. The molecule has 2 aromatic rings. The van der Waals surface area contributed by atoms with Gasteiger partial charge < -0.3 is 14.4 Å². The van der Waals surface area contributed by atoms with Crippen molar-refractivity contribution in [2.75, 3.05) is 19.7 Å². The maximum atomic E-state index is 13.0. The third-order valence-corrected chi connectivity index (χ3v) is 6.05. The summed E-state index contributed by atoms with van der Waals surface area (Å²) in [5, 5.41) is 11.4. The highest BCUT2D eigenvalue weighted by molar-refractivity contribution is 7.99. The van der Waals surface area contributed by atoms with Crippen LogP contribution in [-0.2, 0) is 20.4 Å². The Balaban J connectivity index is 1.75. The number of morpholine rings is 1. The third kappa shape index (κ3) is 6.26. The van der Waals surface area contributed by atoms with Crippen LogP contribution < -0.4 is 0 Å². The fraction of sp³-hybridized carbons (Fsp3) is 0.364. The molecule has 0 saturated carbocycles. The summed E-state index contributed by atoms with van der Waals surface area (Å²) in [6.07, 6.45) is -5.04. The van der Waals surface area contributed by atoms with E-state index in [0.29, 0.717) is 19.2 Å². The number of hydrogen-bond acceptors (Lipinski definition) is 7. The normalized spacial score (nSPS) is 18.4. The number of nitro benzene ring substituents is 1. The number of carbonyl (C=O) groups excluding carboxylic acids is 2. The average molecular weight is 498 g/mol. The van der Waals surface area contributed by atoms with Crippen molar-refractivity contribution in [3.8, 4) is 0 Å². The van der Waals surface area contributed by atoms with Crippen molar-refractivity contribution in [1.29, 1.82) is 0 Å². The van der Waals surface area contributed by atoms with Crippen molar-refractivity contribution < 1.29 is 37.2 Å². The predicted octanol–water partition coefficient (Wildman–Crippen LogP) is 4.56. The summed E-state index contributed by atoms with van der Waals surface area (Å²) >= 11 is 0.758. The quantitative estimate of drug-likeness (QED) is 0.327. The molecular formula is C22H21F3N2O6S. The molecule has 0 spiro atoms. The number of ether oxygens (including phenoxy) is 2. The van der Waals surface area contributed by atoms with Crippen molar-refractivity contribution in [1.82, 2.24) is 4.90 Å². The van der Waals surface area contributed by atoms with Crippen LogP contribution in [0.15, 0.2) is 52.3 Å². The highest BCUT2D eigenvalue weighted by Crippen LogP contribution is 2.40. The molecule has 34 heavy (non-hydrogen) atoms. The number of nitrogens with zero attached hydrogens (tertiary/aromatic N) is 2. The molecule has 1 amide bonds. The third-order valence-electron chi connectivity index (χ3n) is 4.91. The van der Waals surface area contributed by atoms with Crippen LogP contribution in [0.4, 0.5) is 18.9 Å². The number of amides is 1. The molecular weight excluding hydrogens is 477 g/mol. The van der Waals surface area contributed by atoms with Gasteiger partial charge >= 0.3 is 12.1 Å². The topological polar surface area (TPSA) is 99.0 Å². The minimum atomic E-state index is -4.74. The molecule has 0 bridgehead atoms. The lowest BCUT2D eigenvalue weighted by Gasteiger charge is -2.35. The van der Waals surface area contributed by atoms with E-state index < -0.39 is 34.9 Å². The van der Waals surface area contributed by atoms with Gasteiger partial charge in [-0.05, 0) is 38.1 Å². The van der Waals surface area contributed by atoms with Crippen LogP contribution in [0.3, 0.4) is 0 Å². The minimum Gasteiger partial charge on any atom is -0.452 e. The number of rotatable bonds is 6. The Morgan fingerprint density at radius 2 is 1.79 bits per heavy atom. The number of esters is 1. The van der Waals surface area contributed by atoms with Gasteiger partial charge in [0, 0.05) is 24.1 Å². The standard InChI is InChI=1S/C22H21F3N2O6S/c1-13-10-26(11-14(2)33-13)20(28)12-32-21(29)16-5-3-4-6-18(16)34-19-8-7-15(22(23,24)25)9-17(19)27(30)31/h3-9,13-14H,10-12H2,1-2H3/t13-,14-/m1/s1. The molecule has 0 radical (unpaired) electrons. The van der Waals surface area contributed by atoms with E-state index in [0.717, 1.165) is 23.9 Å². The fourth-order valence-corrected chi connectivity index (χ4v) is 4.46. The Bertz CT molecular complexity index is 1080. The van der Waals surface area contributed by atoms with E-state index in [2.05, 4.69) is 0 Å². The van der Waals surface area contributed by atoms with Crippen molar-refractivity contribution in [3.05, 3.63) is 63.7 Å². The lowest BCUT2D eigenvalue weighted by atomic mass is 10.2. The molecule has 0 unspecified atom stereocenters. The van der Waals surface area contributed by atoms with E-state index in [1.807, 2.05) is 13.8 Å². The van der Waals surface area contributed by atoms with Crippen LogP contribution in [-0.4, -0.2) is 53.6 Å². The molecule has 0 aromatic heterocycles. The first-order valence-corrected chi connectivity index (χ1v) is 11.0. The van der Waals surface area contributed by atoms with Crippen molar-refractivity contribution in [3.63, 3.8) is 0 Å². The molecule has 2 atom stereocenters. The van der Waals surface area contributed by atoms with Gasteiger partial charge in [-0.3, -0.25) is 14.9 Å². The molecule has 1 aliphatic heterocycles. The first-order chi connectivity index (χ1) is 16.0. The van der Waals surface area contributed by atoms with E-state index in [4.69, 9.17) is 9.47 Å². The van der Waals surface area contributed by atoms with Crippen LogP contribution in [0.5, 0.6) is 0 Å². The Kier molecular flexibility index (Phi) is 7.82. The monoisotopic (exact) mass is 498 g/mol. The number of nitro groups is 1. The van der Waals surface area contributed by atoms with Gasteiger partial charge in [-0.2, -0.15) is 13.2 Å². The molecule has 1 heterocycles. The second kappa shape index (κ2) is 10.4. The number of halogens is 3. The zero-order valence-electron chi connectivity index (χ0n) is 18.2. The highest BCUT2D eigenvalue weighted by atomic mass is 32.2. The van der Waals surface area contributed by atoms with E-state index in [1.54, 1.807) is 11.0 Å². The first-order valence-electron chi connectivity index (χ1n) is 10.2. The first kappa shape index (κ1) is 25.5. The van der Waals surface area contributed by atoms with Crippen LogP contribution in [0.2, 0.25) is 0 Å². The summed E-state index contributed by atoms with van der Waals surface area (Å²) in [5.41, 5.74) is -1.87. The molecule has 1 aliphatic rings. The Morgan fingerprint density at radius 3 is 2.41 bits per heavy atom. The summed E-state index contributed by atoms with van der Waals surface area (Å²) < 4.78 is 49.6. The second-order valence-electron chi connectivity index (χ2n) is 7.67. The Morgan fingerprint density at radius 1 is 1.15 bits per heavy atom. The minimum absolute atomic E-state index is 0.0261. The number of benzene rings is 2. The average Bonchev–Trinajstić information content (AvgIpc) is 2.76. The lowest BCUT2D eigenvalue weighted by Crippen LogP contribution is -2.49. The predicted molar refractivity (Wildman–Crippen MR) is 116 cm³/mol. The zero-order chi connectivity index (χ0) is 25.0. The van der Waals surface area contributed by atoms with E-state index in [-0.39, 0.29) is 33.5 Å². The molecule has 182 valence electrons. The summed E-state index contributed by atoms with van der Waals surface area (Å²) in [5.74, 6) is -1.22. The van der Waals surface area contributed by atoms with Crippen LogP contribution in [0.25, 0.3) is 0 Å². The Hall–Kier alpha value is -3.12. The van der Waals surface area contributed by atoms with Crippen LogP contribution in [0, 0.1) is 10.1 Å². The van der Waals surface area contributed by atoms with Crippen LogP contribution in [0.1, 0.15) is 29.8 Å². The van der Waals surface area contributed by atoms with Gasteiger partial charge in [-0.15, -0.1) is 0 Å². The molecule has 0 N–H and O–H groups in total. The molecule has 8 nitrogen and oxygen atoms in total. The molecule has 1 fully saturated rings. The van der Waals surface area contributed by atoms with Gasteiger partial charge in [-0.1, -0.05) is 23.9 Å². The summed E-state index contributed by atoms with van der Waals surface area (Å²) in [7, 11) is 0. The van der Waals surface area contributed by atoms with E-state index >= 15 is 0 Å². The molecule has 2 aromatic carbocycles. The van der Waals surface area contributed by atoms with E-state index in [1.165, 1.54) is 18.2 Å². The van der Waals surface area contributed by atoms with E-state index in [9.17, 15) is 32.9 Å². The summed E-state index contributed by atoms with van der Waals surface area (Å²) in [6.45, 7) is 3.89. The largest absolute Gasteiger partial charge is 0.452 e. The van der Waals surface area contributed by atoms with Gasteiger partial charge in [0.05, 0.1) is 33.2 Å². The SMILES string of the molecule is C[C@@H]1CN(C(=O)COC(=O)c2ccccc2Sc2ccc(C(F)(F)F)cc2[N+](=O)[O-])C[C@@H](C)O1. The van der Waals surface area contributed by atoms with Gasteiger partial charge in [0.2, 0.25) is 0 Å². The van der Waals surface area contributed by atoms with Crippen molar-refractivity contribution >= 4 is 29.3 Å². The number of alkyl halides is 3. The summed E-state index contributed by atoms with van der Waals surface area (Å²) in [6, 6.07) is 8.16. The van der Waals surface area contributed by atoms with Gasteiger partial charge in [0.15, 0.2) is 6.61 Å². The molecule has 1 saturated heterocycles. The lowest BCUT2D eigenvalue weighted by molar-refractivity contribution is -0.388. The Labute approximate surface area is 197 Å². The van der Waals surface area contributed by atoms with Gasteiger partial charge in [-0.25, -0.2) is 4.79 Å². The van der Waals surface area contributed by atoms with Crippen LogP contribution >= 0.6 is 11.8 Å². The zero-order valence-corrected chi connectivity index (χ0v) is 19.0.